The van der Waals surface area contributed by atoms with Gasteiger partial charge in [-0.25, -0.2) is 0 Å². The van der Waals surface area contributed by atoms with E-state index in [0.29, 0.717) is 29.2 Å². The molecule has 5 rings (SSSR count). The zero-order valence-electron chi connectivity index (χ0n) is 16.8. The van der Waals surface area contributed by atoms with E-state index in [-0.39, 0.29) is 11.5 Å². The Kier molecular flexibility index (Phi) is 4.06. The van der Waals surface area contributed by atoms with Crippen LogP contribution in [-0.2, 0) is 12.1 Å². The third kappa shape index (κ3) is 2.52. The number of nitrogens with two attached hydrogens (primary N) is 1. The Balaban J connectivity index is 1.66. The summed E-state index contributed by atoms with van der Waals surface area (Å²) in [6, 6.07) is 1.81. The van der Waals surface area contributed by atoms with E-state index in [9.17, 15) is 9.59 Å². The SMILES string of the molecule is Cc1c2c(c(=O)n3c1C(=O)NC31CCCCC1)Nc1cc(C(N)=CC=N)ncc1C2. The van der Waals surface area contributed by atoms with Crippen LogP contribution in [0.1, 0.15) is 65.0 Å². The van der Waals surface area contributed by atoms with E-state index in [2.05, 4.69) is 15.6 Å². The minimum atomic E-state index is -0.607. The molecule has 0 bridgehead atoms. The van der Waals surface area contributed by atoms with Gasteiger partial charge in [0.1, 0.15) is 17.0 Å². The van der Waals surface area contributed by atoms with Gasteiger partial charge in [0.05, 0.1) is 11.4 Å². The number of nitrogens with zero attached hydrogens (tertiary/aromatic N) is 2. The Bertz CT molecular complexity index is 1190. The summed E-state index contributed by atoms with van der Waals surface area (Å²) in [6.07, 6.45) is 9.51. The van der Waals surface area contributed by atoms with Crippen LogP contribution in [-0.4, -0.2) is 21.7 Å². The lowest BCUT2D eigenvalue weighted by molar-refractivity contribution is 0.0876. The lowest BCUT2D eigenvalue weighted by Crippen LogP contribution is -2.49. The predicted octanol–water partition coefficient (Wildman–Crippen LogP) is 2.51. The Morgan fingerprint density at radius 2 is 2.07 bits per heavy atom. The maximum Gasteiger partial charge on any atom is 0.277 e. The van der Waals surface area contributed by atoms with Crippen molar-refractivity contribution in [2.75, 3.05) is 5.32 Å². The second kappa shape index (κ2) is 6.55. The van der Waals surface area contributed by atoms with Crippen molar-refractivity contribution in [3.8, 4) is 0 Å². The van der Waals surface area contributed by atoms with Gasteiger partial charge in [-0.2, -0.15) is 0 Å². The smallest absolute Gasteiger partial charge is 0.277 e. The maximum atomic E-state index is 13.6. The molecule has 1 saturated carbocycles. The standard InChI is InChI=1S/C22H24N6O2/c1-12-14-9-13-11-25-17(15(24)5-8-23)10-16(13)26-18(14)21(30)28-19(12)20(29)27-22(28)6-3-2-4-7-22/h5,8,10-11,23,26H,2-4,6-7,9,24H2,1H3,(H,27,29). The summed E-state index contributed by atoms with van der Waals surface area (Å²) in [5.41, 5.74) is 10.6. The van der Waals surface area contributed by atoms with Gasteiger partial charge in [-0.15, -0.1) is 0 Å². The van der Waals surface area contributed by atoms with Gasteiger partial charge >= 0.3 is 0 Å². The lowest BCUT2D eigenvalue weighted by Gasteiger charge is -2.36. The van der Waals surface area contributed by atoms with Gasteiger partial charge in [0.15, 0.2) is 0 Å². The number of aromatic nitrogens is 2. The Morgan fingerprint density at radius 1 is 1.30 bits per heavy atom. The van der Waals surface area contributed by atoms with Crippen molar-refractivity contribution < 1.29 is 4.79 Å². The normalized spacial score (nSPS) is 18.8. The van der Waals surface area contributed by atoms with E-state index < -0.39 is 5.66 Å². The maximum absolute atomic E-state index is 13.6. The molecule has 3 aliphatic rings. The number of carbonyl (C=O) groups excluding carboxylic acids is 1. The highest BCUT2D eigenvalue weighted by Crippen LogP contribution is 2.40. The van der Waals surface area contributed by atoms with Gasteiger partial charge in [0.25, 0.3) is 11.5 Å². The topological polar surface area (TPSA) is 126 Å². The molecule has 2 aromatic rings. The summed E-state index contributed by atoms with van der Waals surface area (Å²) in [7, 11) is 0. The molecule has 2 aromatic heterocycles. The van der Waals surface area contributed by atoms with Crippen molar-refractivity contribution in [3.05, 3.63) is 56.8 Å². The quantitative estimate of drug-likeness (QED) is 0.488. The highest BCUT2D eigenvalue weighted by atomic mass is 16.2. The van der Waals surface area contributed by atoms with E-state index in [0.717, 1.165) is 60.7 Å². The largest absolute Gasteiger partial charge is 0.397 e. The van der Waals surface area contributed by atoms with Crippen molar-refractivity contribution in [2.24, 2.45) is 5.73 Å². The van der Waals surface area contributed by atoms with Crippen molar-refractivity contribution in [1.29, 1.82) is 5.41 Å². The van der Waals surface area contributed by atoms with Gasteiger partial charge in [0.2, 0.25) is 0 Å². The molecule has 8 heteroatoms. The first-order chi connectivity index (χ1) is 14.4. The fourth-order valence-electron chi connectivity index (χ4n) is 5.08. The van der Waals surface area contributed by atoms with Gasteiger partial charge < -0.3 is 21.8 Å². The summed E-state index contributed by atoms with van der Waals surface area (Å²) in [5, 5.41) is 13.6. The molecule has 154 valence electrons. The average molecular weight is 404 g/mol. The molecule has 1 fully saturated rings. The highest BCUT2D eigenvalue weighted by Gasteiger charge is 2.46. The third-order valence-corrected chi connectivity index (χ3v) is 6.59. The fourth-order valence-corrected chi connectivity index (χ4v) is 5.08. The number of allylic oxidation sites excluding steroid dienone is 1. The van der Waals surface area contributed by atoms with Crippen LogP contribution in [0.5, 0.6) is 0 Å². The fraction of sp³-hybridized carbons (Fsp3) is 0.364. The first-order valence-corrected chi connectivity index (χ1v) is 10.3. The van der Waals surface area contributed by atoms with Crippen molar-refractivity contribution in [1.82, 2.24) is 14.9 Å². The van der Waals surface area contributed by atoms with Crippen LogP contribution in [0.2, 0.25) is 0 Å². The van der Waals surface area contributed by atoms with Crippen LogP contribution < -0.4 is 21.9 Å². The first-order valence-electron chi connectivity index (χ1n) is 10.3. The molecule has 0 unspecified atom stereocenters. The molecule has 1 aliphatic carbocycles. The number of nitrogens with one attached hydrogen (secondary N) is 3. The molecule has 30 heavy (non-hydrogen) atoms. The van der Waals surface area contributed by atoms with Crippen molar-refractivity contribution in [3.63, 3.8) is 0 Å². The predicted molar refractivity (Wildman–Crippen MR) is 115 cm³/mol. The number of amides is 1. The van der Waals surface area contributed by atoms with Crippen LogP contribution in [0.4, 0.5) is 11.4 Å². The zero-order chi connectivity index (χ0) is 21.0. The van der Waals surface area contributed by atoms with E-state index in [1.165, 1.54) is 6.08 Å². The summed E-state index contributed by atoms with van der Waals surface area (Å²) >= 11 is 0. The molecule has 2 aliphatic heterocycles. The summed E-state index contributed by atoms with van der Waals surface area (Å²) in [4.78, 5) is 30.9. The van der Waals surface area contributed by atoms with Gasteiger partial charge in [-0.3, -0.25) is 19.1 Å². The summed E-state index contributed by atoms with van der Waals surface area (Å²) < 4.78 is 1.71. The molecular weight excluding hydrogens is 380 g/mol. The molecule has 8 nitrogen and oxygen atoms in total. The number of fused-ring (bicyclic) bond motifs is 4. The lowest BCUT2D eigenvalue weighted by atomic mass is 9.88. The highest BCUT2D eigenvalue weighted by molar-refractivity contribution is 5.98. The molecular formula is C22H24N6O2. The van der Waals surface area contributed by atoms with Crippen molar-refractivity contribution >= 4 is 29.2 Å². The van der Waals surface area contributed by atoms with E-state index in [1.54, 1.807) is 16.8 Å². The number of pyridine rings is 2. The number of rotatable bonds is 2. The van der Waals surface area contributed by atoms with Crippen LogP contribution >= 0.6 is 0 Å². The first kappa shape index (κ1) is 18.6. The number of carbonyl (C=O) groups is 1. The minimum absolute atomic E-state index is 0.155. The van der Waals surface area contributed by atoms with Gasteiger partial charge in [-0.1, -0.05) is 6.42 Å². The van der Waals surface area contributed by atoms with E-state index in [4.69, 9.17) is 11.1 Å². The monoisotopic (exact) mass is 404 g/mol. The summed E-state index contributed by atoms with van der Waals surface area (Å²) in [5.74, 6) is -0.155. The van der Waals surface area contributed by atoms with Crippen LogP contribution in [0.3, 0.4) is 0 Å². The molecule has 0 aromatic carbocycles. The second-order valence-corrected chi connectivity index (χ2v) is 8.33. The molecule has 0 atom stereocenters. The third-order valence-electron chi connectivity index (χ3n) is 6.59. The molecule has 5 N–H and O–H groups in total. The molecule has 0 radical (unpaired) electrons. The zero-order valence-corrected chi connectivity index (χ0v) is 16.8. The second-order valence-electron chi connectivity index (χ2n) is 8.33. The molecule has 4 heterocycles. The Labute approximate surface area is 173 Å². The van der Waals surface area contributed by atoms with E-state index >= 15 is 0 Å². The van der Waals surface area contributed by atoms with Gasteiger partial charge in [0, 0.05) is 24.5 Å². The van der Waals surface area contributed by atoms with Crippen LogP contribution in [0.25, 0.3) is 5.70 Å². The van der Waals surface area contributed by atoms with Crippen LogP contribution in [0, 0.1) is 12.3 Å². The number of anilines is 2. The molecule has 1 spiro atoms. The molecule has 1 amide bonds. The average Bonchev–Trinajstić information content (AvgIpc) is 3.02. The van der Waals surface area contributed by atoms with Crippen LogP contribution in [0.15, 0.2) is 23.1 Å². The minimum Gasteiger partial charge on any atom is -0.397 e. The Morgan fingerprint density at radius 3 is 2.80 bits per heavy atom. The van der Waals surface area contributed by atoms with E-state index in [1.807, 2.05) is 6.92 Å². The summed E-state index contributed by atoms with van der Waals surface area (Å²) in [6.45, 7) is 1.92. The van der Waals surface area contributed by atoms with Crippen molar-refractivity contribution in [2.45, 2.75) is 51.1 Å². The number of hydrogen-bond acceptors (Lipinski definition) is 6. The number of hydrogen-bond donors (Lipinski definition) is 4. The molecule has 0 saturated heterocycles. The Hall–Kier alpha value is -3.42. The van der Waals surface area contributed by atoms with Gasteiger partial charge in [-0.05, 0) is 61.4 Å².